The van der Waals surface area contributed by atoms with E-state index in [-0.39, 0.29) is 11.7 Å². The summed E-state index contributed by atoms with van der Waals surface area (Å²) in [7, 11) is 3.67. The SMILES string of the molecule is COCCn1ncc(NCC2CN(C)CCO2)c(Br)c1=O. The van der Waals surface area contributed by atoms with Crippen molar-refractivity contribution in [3.63, 3.8) is 0 Å². The molecule has 1 aromatic rings. The van der Waals surface area contributed by atoms with E-state index < -0.39 is 0 Å². The summed E-state index contributed by atoms with van der Waals surface area (Å²) < 4.78 is 12.5. The monoisotopic (exact) mass is 360 g/mol. The number of ether oxygens (including phenoxy) is 2. The van der Waals surface area contributed by atoms with E-state index in [4.69, 9.17) is 9.47 Å². The zero-order valence-corrected chi connectivity index (χ0v) is 13.9. The first-order chi connectivity index (χ1) is 10.1. The summed E-state index contributed by atoms with van der Waals surface area (Å²) in [5.41, 5.74) is 0.518. The molecule has 1 fully saturated rings. The molecule has 0 spiro atoms. The molecule has 1 unspecified atom stereocenters. The van der Waals surface area contributed by atoms with Gasteiger partial charge in [0.05, 0.1) is 37.7 Å². The van der Waals surface area contributed by atoms with Crippen LogP contribution in [0.25, 0.3) is 0 Å². The molecule has 1 aliphatic heterocycles. The molecule has 1 aliphatic rings. The average molecular weight is 361 g/mol. The number of methoxy groups -OCH3 is 1. The molecule has 8 heteroatoms. The van der Waals surface area contributed by atoms with Crippen molar-refractivity contribution < 1.29 is 9.47 Å². The van der Waals surface area contributed by atoms with Crippen LogP contribution in [0.2, 0.25) is 0 Å². The van der Waals surface area contributed by atoms with E-state index in [2.05, 4.69) is 38.3 Å². The van der Waals surface area contributed by atoms with E-state index in [1.54, 1.807) is 13.3 Å². The van der Waals surface area contributed by atoms with Crippen molar-refractivity contribution in [2.45, 2.75) is 12.6 Å². The fourth-order valence-electron chi connectivity index (χ4n) is 2.14. The summed E-state index contributed by atoms with van der Waals surface area (Å²) in [5.74, 6) is 0. The predicted octanol–water partition coefficient (Wildman–Crippen LogP) is 0.395. The molecule has 0 aliphatic carbocycles. The highest BCUT2D eigenvalue weighted by Gasteiger charge is 2.18. The predicted molar refractivity (Wildman–Crippen MR) is 83.8 cm³/mol. The minimum absolute atomic E-state index is 0.117. The number of halogens is 1. The van der Waals surface area contributed by atoms with Gasteiger partial charge in [-0.1, -0.05) is 0 Å². The number of nitrogens with zero attached hydrogens (tertiary/aromatic N) is 3. The first-order valence-corrected chi connectivity index (χ1v) is 7.69. The molecule has 21 heavy (non-hydrogen) atoms. The Kier molecular flexibility index (Phi) is 6.16. The zero-order valence-electron chi connectivity index (χ0n) is 12.3. The van der Waals surface area contributed by atoms with Gasteiger partial charge >= 0.3 is 0 Å². The summed E-state index contributed by atoms with van der Waals surface area (Å²) in [5, 5.41) is 7.36. The molecule has 0 amide bonds. The number of morpholine rings is 1. The average Bonchev–Trinajstić information content (AvgIpc) is 2.48. The van der Waals surface area contributed by atoms with Crippen LogP contribution in [0.15, 0.2) is 15.5 Å². The maximum atomic E-state index is 12.1. The highest BCUT2D eigenvalue weighted by atomic mass is 79.9. The third kappa shape index (κ3) is 4.50. The van der Waals surface area contributed by atoms with Crippen LogP contribution >= 0.6 is 15.9 Å². The highest BCUT2D eigenvalue weighted by Crippen LogP contribution is 2.16. The highest BCUT2D eigenvalue weighted by molar-refractivity contribution is 9.10. The molecule has 1 atom stereocenters. The van der Waals surface area contributed by atoms with Crippen LogP contribution in [0, 0.1) is 0 Å². The summed E-state index contributed by atoms with van der Waals surface area (Å²) in [6.45, 7) is 4.10. The fourth-order valence-corrected chi connectivity index (χ4v) is 2.59. The van der Waals surface area contributed by atoms with Gasteiger partial charge in [-0.25, -0.2) is 4.68 Å². The van der Waals surface area contributed by atoms with E-state index in [0.29, 0.717) is 29.9 Å². The zero-order chi connectivity index (χ0) is 15.2. The molecule has 0 radical (unpaired) electrons. The van der Waals surface area contributed by atoms with Gasteiger partial charge in [0.2, 0.25) is 0 Å². The molecule has 1 aromatic heterocycles. The third-order valence-corrected chi connectivity index (χ3v) is 4.12. The smallest absolute Gasteiger partial charge is 0.283 e. The van der Waals surface area contributed by atoms with Crippen molar-refractivity contribution in [2.24, 2.45) is 0 Å². The van der Waals surface area contributed by atoms with Crippen molar-refractivity contribution >= 4 is 21.6 Å². The number of aromatic nitrogens is 2. The lowest BCUT2D eigenvalue weighted by Gasteiger charge is -2.30. The second-order valence-electron chi connectivity index (χ2n) is 5.03. The van der Waals surface area contributed by atoms with E-state index >= 15 is 0 Å². The Morgan fingerprint density at radius 1 is 1.62 bits per heavy atom. The molecule has 2 rings (SSSR count). The van der Waals surface area contributed by atoms with E-state index in [0.717, 1.165) is 19.7 Å². The van der Waals surface area contributed by atoms with Gasteiger partial charge in [0.15, 0.2) is 0 Å². The molecular formula is C13H21BrN4O3. The van der Waals surface area contributed by atoms with Crippen LogP contribution in [0.5, 0.6) is 0 Å². The molecule has 2 heterocycles. The Morgan fingerprint density at radius 2 is 2.43 bits per heavy atom. The topological polar surface area (TPSA) is 68.6 Å². The maximum absolute atomic E-state index is 12.1. The van der Waals surface area contributed by atoms with Gasteiger partial charge in [0.1, 0.15) is 4.47 Å². The standard InChI is InChI=1S/C13H21BrN4O3/c1-17-3-6-21-10(9-17)7-15-11-8-16-18(4-5-20-2)13(19)12(11)14/h8,10,15H,3-7,9H2,1-2H3. The van der Waals surface area contributed by atoms with Gasteiger partial charge in [0.25, 0.3) is 5.56 Å². The Morgan fingerprint density at radius 3 is 3.14 bits per heavy atom. The first-order valence-electron chi connectivity index (χ1n) is 6.90. The number of nitrogens with one attached hydrogen (secondary N) is 1. The molecule has 0 bridgehead atoms. The molecule has 0 aromatic carbocycles. The lowest BCUT2D eigenvalue weighted by atomic mass is 10.3. The van der Waals surface area contributed by atoms with Crippen LogP contribution in [0.3, 0.4) is 0 Å². The van der Waals surface area contributed by atoms with Crippen LogP contribution in [0.1, 0.15) is 0 Å². The van der Waals surface area contributed by atoms with Crippen molar-refractivity contribution in [1.29, 1.82) is 0 Å². The fraction of sp³-hybridized carbons (Fsp3) is 0.692. The maximum Gasteiger partial charge on any atom is 0.283 e. The third-order valence-electron chi connectivity index (χ3n) is 3.35. The van der Waals surface area contributed by atoms with Crippen LogP contribution in [-0.2, 0) is 16.0 Å². The largest absolute Gasteiger partial charge is 0.383 e. The Labute approximate surface area is 132 Å². The molecular weight excluding hydrogens is 340 g/mol. The van der Waals surface area contributed by atoms with Crippen LogP contribution < -0.4 is 10.9 Å². The number of anilines is 1. The van der Waals surface area contributed by atoms with E-state index in [9.17, 15) is 4.79 Å². The van der Waals surface area contributed by atoms with Gasteiger partial charge in [0, 0.05) is 26.7 Å². The Balaban J connectivity index is 1.97. The summed E-state index contributed by atoms with van der Waals surface area (Å²) >= 11 is 3.33. The summed E-state index contributed by atoms with van der Waals surface area (Å²) in [6, 6.07) is 0. The summed E-state index contributed by atoms with van der Waals surface area (Å²) in [4.78, 5) is 14.3. The van der Waals surface area contributed by atoms with E-state index in [1.807, 2.05) is 0 Å². The quantitative estimate of drug-likeness (QED) is 0.791. The second kappa shape index (κ2) is 7.88. The molecule has 1 saturated heterocycles. The van der Waals surface area contributed by atoms with Crippen molar-refractivity contribution in [1.82, 2.24) is 14.7 Å². The first kappa shape index (κ1) is 16.4. The lowest BCUT2D eigenvalue weighted by Crippen LogP contribution is -2.43. The van der Waals surface area contributed by atoms with Gasteiger partial charge in [-0.2, -0.15) is 5.10 Å². The number of likely N-dealkylation sites (N-methyl/N-ethyl adjacent to an activating group) is 1. The normalized spacial score (nSPS) is 19.7. The van der Waals surface area contributed by atoms with Gasteiger partial charge < -0.3 is 19.7 Å². The lowest BCUT2D eigenvalue weighted by molar-refractivity contribution is -0.0117. The van der Waals surface area contributed by atoms with Crippen LogP contribution in [-0.4, -0.2) is 67.8 Å². The number of rotatable bonds is 6. The van der Waals surface area contributed by atoms with Gasteiger partial charge in [-0.05, 0) is 23.0 Å². The van der Waals surface area contributed by atoms with Gasteiger partial charge in [-0.15, -0.1) is 0 Å². The Hall–Kier alpha value is -0.960. The second-order valence-corrected chi connectivity index (χ2v) is 5.82. The molecule has 118 valence electrons. The summed E-state index contributed by atoms with van der Waals surface area (Å²) in [6.07, 6.45) is 1.76. The molecule has 7 nitrogen and oxygen atoms in total. The minimum Gasteiger partial charge on any atom is -0.383 e. The molecule has 0 saturated carbocycles. The Bertz CT molecular complexity index is 523. The minimum atomic E-state index is -0.168. The van der Waals surface area contributed by atoms with Crippen molar-refractivity contribution in [3.05, 3.63) is 21.0 Å². The van der Waals surface area contributed by atoms with E-state index in [1.165, 1.54) is 4.68 Å². The number of hydrogen-bond donors (Lipinski definition) is 1. The molecule has 1 N–H and O–H groups in total. The number of hydrogen-bond acceptors (Lipinski definition) is 6. The van der Waals surface area contributed by atoms with Crippen molar-refractivity contribution in [3.8, 4) is 0 Å². The van der Waals surface area contributed by atoms with Crippen molar-refractivity contribution in [2.75, 3.05) is 52.3 Å². The van der Waals surface area contributed by atoms with Gasteiger partial charge in [-0.3, -0.25) is 4.79 Å². The van der Waals surface area contributed by atoms with Crippen LogP contribution in [0.4, 0.5) is 5.69 Å².